The predicted octanol–water partition coefficient (Wildman–Crippen LogP) is 2.24. The van der Waals surface area contributed by atoms with Crippen LogP contribution in [0.15, 0.2) is 5.16 Å². The van der Waals surface area contributed by atoms with Gasteiger partial charge in [-0.2, -0.15) is 0 Å². The van der Waals surface area contributed by atoms with Gasteiger partial charge < -0.3 is 16.3 Å². The summed E-state index contributed by atoms with van der Waals surface area (Å²) < 4.78 is 0. The van der Waals surface area contributed by atoms with Gasteiger partial charge in [0.1, 0.15) is 5.41 Å². The number of oxime groups is 1. The van der Waals surface area contributed by atoms with Gasteiger partial charge in [0, 0.05) is 6.54 Å². The molecule has 0 saturated heterocycles. The molecule has 0 heterocycles. The number of nitrogens with one attached hydrogen (secondary N) is 1. The van der Waals surface area contributed by atoms with Crippen LogP contribution in [0, 0.1) is 10.8 Å². The highest BCUT2D eigenvalue weighted by molar-refractivity contribution is 6.06. The maximum Gasteiger partial charge on any atom is 0.233 e. The molecule has 0 aliphatic heterocycles. The molecule has 4 N–H and O–H groups in total. The standard InChI is InChI=1S/C14H27N3O2/c1-4-14(5-2,11(15)17-19)12(18)16-10-13(3)8-6-7-9-13/h19H,4-10H2,1-3H3,(H2,15,17)(H,16,18). The van der Waals surface area contributed by atoms with Gasteiger partial charge in [-0.05, 0) is 31.1 Å². The van der Waals surface area contributed by atoms with Crippen LogP contribution in [-0.2, 0) is 4.79 Å². The Balaban J connectivity index is 2.73. The number of amidine groups is 1. The summed E-state index contributed by atoms with van der Waals surface area (Å²) in [5.41, 5.74) is 5.05. The highest BCUT2D eigenvalue weighted by Gasteiger charge is 2.40. The maximum absolute atomic E-state index is 12.4. The second kappa shape index (κ2) is 6.26. The van der Waals surface area contributed by atoms with Crippen molar-refractivity contribution in [2.24, 2.45) is 21.7 Å². The number of carbonyl (C=O) groups is 1. The first kappa shape index (κ1) is 15.8. The van der Waals surface area contributed by atoms with Crippen molar-refractivity contribution in [3.63, 3.8) is 0 Å². The van der Waals surface area contributed by atoms with E-state index in [1.807, 2.05) is 13.8 Å². The third kappa shape index (κ3) is 3.19. The largest absolute Gasteiger partial charge is 0.409 e. The molecule has 1 aliphatic carbocycles. The molecule has 0 unspecified atom stereocenters. The van der Waals surface area contributed by atoms with Crippen molar-refractivity contribution in [1.29, 1.82) is 0 Å². The smallest absolute Gasteiger partial charge is 0.233 e. The Hall–Kier alpha value is -1.26. The van der Waals surface area contributed by atoms with E-state index in [-0.39, 0.29) is 17.2 Å². The van der Waals surface area contributed by atoms with Gasteiger partial charge in [-0.15, -0.1) is 0 Å². The number of nitrogens with two attached hydrogens (primary N) is 1. The van der Waals surface area contributed by atoms with Crippen LogP contribution in [0.1, 0.15) is 59.3 Å². The first-order chi connectivity index (χ1) is 8.94. The van der Waals surface area contributed by atoms with Crippen molar-refractivity contribution in [2.75, 3.05) is 6.54 Å². The van der Waals surface area contributed by atoms with E-state index in [9.17, 15) is 4.79 Å². The van der Waals surface area contributed by atoms with Gasteiger partial charge in [0.05, 0.1) is 0 Å². The Labute approximate surface area is 115 Å². The quantitative estimate of drug-likeness (QED) is 0.299. The van der Waals surface area contributed by atoms with Gasteiger partial charge in [-0.25, -0.2) is 0 Å². The lowest BCUT2D eigenvalue weighted by molar-refractivity contribution is -0.128. The van der Waals surface area contributed by atoms with Crippen LogP contribution < -0.4 is 11.1 Å². The summed E-state index contributed by atoms with van der Waals surface area (Å²) in [5.74, 6) is -0.118. The van der Waals surface area contributed by atoms with E-state index < -0.39 is 5.41 Å². The Morgan fingerprint density at radius 2 is 1.89 bits per heavy atom. The zero-order valence-electron chi connectivity index (χ0n) is 12.3. The molecule has 0 spiro atoms. The summed E-state index contributed by atoms with van der Waals surface area (Å²) in [6, 6.07) is 0. The van der Waals surface area contributed by atoms with Crippen LogP contribution in [-0.4, -0.2) is 23.5 Å². The fourth-order valence-corrected chi connectivity index (χ4v) is 3.01. The van der Waals surface area contributed by atoms with E-state index in [0.717, 1.165) is 12.8 Å². The third-order valence-corrected chi connectivity index (χ3v) is 4.73. The zero-order chi connectivity index (χ0) is 14.5. The zero-order valence-corrected chi connectivity index (χ0v) is 12.3. The van der Waals surface area contributed by atoms with Crippen LogP contribution in [0.3, 0.4) is 0 Å². The Morgan fingerprint density at radius 1 is 1.37 bits per heavy atom. The van der Waals surface area contributed by atoms with Crippen LogP contribution in [0.5, 0.6) is 0 Å². The molecule has 0 aromatic rings. The van der Waals surface area contributed by atoms with Gasteiger partial charge >= 0.3 is 0 Å². The number of rotatable bonds is 6. The van der Waals surface area contributed by atoms with Crippen LogP contribution >= 0.6 is 0 Å². The minimum atomic E-state index is -0.885. The molecule has 0 bridgehead atoms. The molecule has 0 aromatic heterocycles. The highest BCUT2D eigenvalue weighted by atomic mass is 16.4. The normalized spacial score (nSPS) is 19.4. The molecular formula is C14H27N3O2. The average Bonchev–Trinajstić information content (AvgIpc) is 2.85. The minimum absolute atomic E-state index is 0.00609. The summed E-state index contributed by atoms with van der Waals surface area (Å²) in [6.07, 6.45) is 5.84. The third-order valence-electron chi connectivity index (χ3n) is 4.73. The van der Waals surface area contributed by atoms with Gasteiger partial charge in [-0.3, -0.25) is 4.79 Å². The maximum atomic E-state index is 12.4. The van der Waals surface area contributed by atoms with Gasteiger partial charge in [0.25, 0.3) is 0 Å². The first-order valence-corrected chi connectivity index (χ1v) is 7.20. The van der Waals surface area contributed by atoms with Crippen molar-refractivity contribution >= 4 is 11.7 Å². The van der Waals surface area contributed by atoms with E-state index in [1.165, 1.54) is 12.8 Å². The second-order valence-electron chi connectivity index (χ2n) is 5.97. The molecule has 1 aliphatic rings. The molecule has 110 valence electrons. The van der Waals surface area contributed by atoms with E-state index in [4.69, 9.17) is 10.9 Å². The van der Waals surface area contributed by atoms with Gasteiger partial charge in [0.15, 0.2) is 5.84 Å². The topological polar surface area (TPSA) is 87.7 Å². The van der Waals surface area contributed by atoms with E-state index in [2.05, 4.69) is 17.4 Å². The number of hydrogen-bond acceptors (Lipinski definition) is 3. The van der Waals surface area contributed by atoms with E-state index >= 15 is 0 Å². The van der Waals surface area contributed by atoms with Crippen LogP contribution in [0.2, 0.25) is 0 Å². The van der Waals surface area contributed by atoms with E-state index in [1.54, 1.807) is 0 Å². The average molecular weight is 269 g/mol. The number of amides is 1. The molecular weight excluding hydrogens is 242 g/mol. The Bertz CT molecular complexity index is 343. The molecule has 0 radical (unpaired) electrons. The second-order valence-corrected chi connectivity index (χ2v) is 5.97. The Kier molecular flexibility index (Phi) is 5.20. The summed E-state index contributed by atoms with van der Waals surface area (Å²) in [4.78, 5) is 12.4. The molecule has 5 heteroatoms. The molecule has 0 aromatic carbocycles. The molecule has 1 saturated carbocycles. The Morgan fingerprint density at radius 3 is 2.32 bits per heavy atom. The lowest BCUT2D eigenvalue weighted by Crippen LogP contribution is -2.51. The minimum Gasteiger partial charge on any atom is -0.409 e. The number of hydrogen-bond donors (Lipinski definition) is 3. The molecule has 1 rings (SSSR count). The SMILES string of the molecule is CCC(CC)(C(=O)NCC1(C)CCCC1)C(N)=NO. The van der Waals surface area contributed by atoms with Crippen molar-refractivity contribution in [3.8, 4) is 0 Å². The first-order valence-electron chi connectivity index (χ1n) is 7.20. The summed E-state index contributed by atoms with van der Waals surface area (Å²) in [5, 5.41) is 15.0. The molecule has 19 heavy (non-hydrogen) atoms. The van der Waals surface area contributed by atoms with Crippen molar-refractivity contribution in [3.05, 3.63) is 0 Å². The molecule has 1 amide bonds. The summed E-state index contributed by atoms with van der Waals surface area (Å²) in [6.45, 7) is 6.66. The van der Waals surface area contributed by atoms with Crippen molar-refractivity contribution in [1.82, 2.24) is 5.32 Å². The van der Waals surface area contributed by atoms with Crippen LogP contribution in [0.4, 0.5) is 0 Å². The number of carbonyl (C=O) groups excluding carboxylic acids is 1. The fraction of sp³-hybridized carbons (Fsp3) is 0.857. The fourth-order valence-electron chi connectivity index (χ4n) is 3.01. The lowest BCUT2D eigenvalue weighted by Gasteiger charge is -2.31. The predicted molar refractivity (Wildman–Crippen MR) is 76.0 cm³/mol. The van der Waals surface area contributed by atoms with Crippen molar-refractivity contribution in [2.45, 2.75) is 59.3 Å². The monoisotopic (exact) mass is 269 g/mol. The van der Waals surface area contributed by atoms with Crippen LogP contribution in [0.25, 0.3) is 0 Å². The van der Waals surface area contributed by atoms with E-state index in [0.29, 0.717) is 19.4 Å². The van der Waals surface area contributed by atoms with Gasteiger partial charge in [-0.1, -0.05) is 38.8 Å². The van der Waals surface area contributed by atoms with Gasteiger partial charge in [0.2, 0.25) is 5.91 Å². The highest BCUT2D eigenvalue weighted by Crippen LogP contribution is 2.37. The van der Waals surface area contributed by atoms with Crippen molar-refractivity contribution < 1.29 is 10.0 Å². The molecule has 5 nitrogen and oxygen atoms in total. The molecule has 1 fully saturated rings. The molecule has 0 atom stereocenters. The summed E-state index contributed by atoms with van der Waals surface area (Å²) >= 11 is 0. The lowest BCUT2D eigenvalue weighted by atomic mass is 9.79. The summed E-state index contributed by atoms with van der Waals surface area (Å²) in [7, 11) is 0. The number of nitrogens with zero attached hydrogens (tertiary/aromatic N) is 1.